The quantitative estimate of drug-likeness (QED) is 0.459. The molecule has 2 aromatic rings. The molecule has 0 spiro atoms. The van der Waals surface area contributed by atoms with Gasteiger partial charge in [0.2, 0.25) is 11.8 Å². The molecule has 25 heavy (non-hydrogen) atoms. The van der Waals surface area contributed by atoms with Crippen molar-refractivity contribution in [2.75, 3.05) is 13.7 Å². The number of likely N-dealkylation sites (tertiary alicyclic amines) is 1. The molecule has 2 amide bonds. The van der Waals surface area contributed by atoms with Crippen LogP contribution in [0, 0.1) is 0 Å². The predicted molar refractivity (Wildman–Crippen MR) is 91.3 cm³/mol. The monoisotopic (exact) mass is 341 g/mol. The van der Waals surface area contributed by atoms with Crippen LogP contribution in [0.5, 0.6) is 11.5 Å². The maximum atomic E-state index is 12.0. The number of methoxy groups -OCH3 is 1. The number of amides is 2. The minimum absolute atomic E-state index is 0.146. The van der Waals surface area contributed by atoms with Crippen LogP contribution in [0.4, 0.5) is 0 Å². The standard InChI is InChI=1S/C19H19NO5/c1-24-15-6-4-13-5-7-16(12-14(13)11-15)25-19(23)3-2-10-20-17(21)8-9-18(20)22/h4-7,11-12H,2-3,8-10H2,1H3. The van der Waals surface area contributed by atoms with E-state index in [1.165, 1.54) is 4.90 Å². The molecule has 6 heteroatoms. The van der Waals surface area contributed by atoms with Gasteiger partial charge in [0.15, 0.2) is 0 Å². The molecule has 1 aliphatic rings. The normalized spacial score (nSPS) is 14.2. The third-order valence-electron chi connectivity index (χ3n) is 4.17. The molecule has 0 aromatic heterocycles. The molecule has 0 bridgehead atoms. The summed E-state index contributed by atoms with van der Waals surface area (Å²) < 4.78 is 10.5. The van der Waals surface area contributed by atoms with Crippen LogP contribution in [0.3, 0.4) is 0 Å². The number of imide groups is 1. The lowest BCUT2D eigenvalue weighted by molar-refractivity contribution is -0.140. The maximum Gasteiger partial charge on any atom is 0.311 e. The Morgan fingerprint density at radius 2 is 1.64 bits per heavy atom. The van der Waals surface area contributed by atoms with Gasteiger partial charge in [0.25, 0.3) is 0 Å². The SMILES string of the molecule is COc1ccc2ccc(OC(=O)CCCN3C(=O)CCC3=O)cc2c1. The van der Waals surface area contributed by atoms with E-state index in [0.717, 1.165) is 16.5 Å². The summed E-state index contributed by atoms with van der Waals surface area (Å²) in [6, 6.07) is 11.1. The Kier molecular flexibility index (Phi) is 4.97. The number of ether oxygens (including phenoxy) is 2. The van der Waals surface area contributed by atoms with Gasteiger partial charge >= 0.3 is 5.97 Å². The van der Waals surface area contributed by atoms with Gasteiger partial charge < -0.3 is 9.47 Å². The Morgan fingerprint density at radius 3 is 2.32 bits per heavy atom. The lowest BCUT2D eigenvalue weighted by atomic mass is 10.1. The molecule has 6 nitrogen and oxygen atoms in total. The molecule has 2 aromatic carbocycles. The highest BCUT2D eigenvalue weighted by atomic mass is 16.5. The molecule has 0 N–H and O–H groups in total. The van der Waals surface area contributed by atoms with E-state index in [-0.39, 0.29) is 43.6 Å². The third kappa shape index (κ3) is 3.96. The molecular weight excluding hydrogens is 322 g/mol. The van der Waals surface area contributed by atoms with Crippen LogP contribution in [0.15, 0.2) is 36.4 Å². The number of hydrogen-bond donors (Lipinski definition) is 0. The van der Waals surface area contributed by atoms with E-state index in [1.807, 2.05) is 24.3 Å². The van der Waals surface area contributed by atoms with E-state index >= 15 is 0 Å². The molecule has 1 heterocycles. The number of benzene rings is 2. The highest BCUT2D eigenvalue weighted by Crippen LogP contribution is 2.25. The topological polar surface area (TPSA) is 72.9 Å². The van der Waals surface area contributed by atoms with E-state index in [0.29, 0.717) is 12.2 Å². The van der Waals surface area contributed by atoms with Gasteiger partial charge in [-0.1, -0.05) is 12.1 Å². The minimum Gasteiger partial charge on any atom is -0.497 e. The summed E-state index contributed by atoms with van der Waals surface area (Å²) in [5.41, 5.74) is 0. The molecule has 0 atom stereocenters. The van der Waals surface area contributed by atoms with Crippen LogP contribution in [-0.2, 0) is 14.4 Å². The summed E-state index contributed by atoms with van der Waals surface area (Å²) in [6.45, 7) is 0.266. The van der Waals surface area contributed by atoms with Crippen molar-refractivity contribution >= 4 is 28.6 Å². The van der Waals surface area contributed by atoms with E-state index in [4.69, 9.17) is 9.47 Å². The molecular formula is C19H19NO5. The number of nitrogens with zero attached hydrogens (tertiary/aromatic N) is 1. The van der Waals surface area contributed by atoms with Crippen molar-refractivity contribution in [3.63, 3.8) is 0 Å². The van der Waals surface area contributed by atoms with Gasteiger partial charge in [-0.05, 0) is 41.5 Å². The van der Waals surface area contributed by atoms with Crippen molar-refractivity contribution in [3.05, 3.63) is 36.4 Å². The lowest BCUT2D eigenvalue weighted by Crippen LogP contribution is -2.30. The molecule has 3 rings (SSSR count). The average Bonchev–Trinajstić information content (AvgIpc) is 2.93. The summed E-state index contributed by atoms with van der Waals surface area (Å²) in [5.74, 6) is 0.472. The van der Waals surface area contributed by atoms with Gasteiger partial charge in [-0.2, -0.15) is 0 Å². The second kappa shape index (κ2) is 7.34. The molecule has 0 unspecified atom stereocenters. The Hall–Kier alpha value is -2.89. The highest BCUT2D eigenvalue weighted by molar-refractivity contribution is 6.01. The Balaban J connectivity index is 1.56. The van der Waals surface area contributed by atoms with Crippen LogP contribution in [0.25, 0.3) is 10.8 Å². The molecule has 1 aliphatic heterocycles. The summed E-state index contributed by atoms with van der Waals surface area (Å²) in [5, 5.41) is 1.93. The predicted octanol–water partition coefficient (Wildman–Crippen LogP) is 2.68. The van der Waals surface area contributed by atoms with Gasteiger partial charge in [0.05, 0.1) is 7.11 Å². The molecule has 1 saturated heterocycles. The second-order valence-electron chi connectivity index (χ2n) is 5.89. The largest absolute Gasteiger partial charge is 0.497 e. The van der Waals surface area contributed by atoms with Gasteiger partial charge in [0, 0.05) is 25.8 Å². The van der Waals surface area contributed by atoms with E-state index in [2.05, 4.69) is 0 Å². The average molecular weight is 341 g/mol. The minimum atomic E-state index is -0.388. The van der Waals surface area contributed by atoms with Gasteiger partial charge in [-0.3, -0.25) is 19.3 Å². The summed E-state index contributed by atoms with van der Waals surface area (Å²) in [6.07, 6.45) is 1.08. The van der Waals surface area contributed by atoms with Crippen LogP contribution in [0.1, 0.15) is 25.7 Å². The Bertz CT molecular complexity index is 814. The molecule has 0 aliphatic carbocycles. The van der Waals surface area contributed by atoms with E-state index < -0.39 is 0 Å². The van der Waals surface area contributed by atoms with Crippen molar-refractivity contribution in [1.29, 1.82) is 0 Å². The third-order valence-corrected chi connectivity index (χ3v) is 4.17. The zero-order valence-electron chi connectivity index (χ0n) is 14.0. The summed E-state index contributed by atoms with van der Waals surface area (Å²) in [7, 11) is 1.60. The zero-order valence-corrected chi connectivity index (χ0v) is 14.0. The van der Waals surface area contributed by atoms with Gasteiger partial charge in [-0.15, -0.1) is 0 Å². The van der Waals surface area contributed by atoms with Crippen molar-refractivity contribution in [1.82, 2.24) is 4.90 Å². The first-order valence-corrected chi connectivity index (χ1v) is 8.18. The van der Waals surface area contributed by atoms with Crippen LogP contribution in [0.2, 0.25) is 0 Å². The van der Waals surface area contributed by atoms with E-state index in [9.17, 15) is 14.4 Å². The zero-order chi connectivity index (χ0) is 17.8. The lowest BCUT2D eigenvalue weighted by Gasteiger charge is -2.13. The number of fused-ring (bicyclic) bond motifs is 1. The Labute approximate surface area is 145 Å². The maximum absolute atomic E-state index is 12.0. The summed E-state index contributed by atoms with van der Waals surface area (Å²) in [4.78, 5) is 36.2. The van der Waals surface area contributed by atoms with Crippen LogP contribution >= 0.6 is 0 Å². The fraction of sp³-hybridized carbons (Fsp3) is 0.316. The smallest absolute Gasteiger partial charge is 0.311 e. The number of rotatable bonds is 6. The molecule has 130 valence electrons. The molecule has 0 saturated carbocycles. The van der Waals surface area contributed by atoms with Crippen molar-refractivity contribution in [3.8, 4) is 11.5 Å². The summed E-state index contributed by atoms with van der Waals surface area (Å²) >= 11 is 0. The van der Waals surface area contributed by atoms with Crippen LogP contribution in [-0.4, -0.2) is 36.3 Å². The molecule has 1 fully saturated rings. The van der Waals surface area contributed by atoms with Crippen molar-refractivity contribution in [2.24, 2.45) is 0 Å². The first-order chi connectivity index (χ1) is 12.1. The highest BCUT2D eigenvalue weighted by Gasteiger charge is 2.28. The number of carbonyl (C=O) groups is 3. The van der Waals surface area contributed by atoms with Crippen LogP contribution < -0.4 is 9.47 Å². The van der Waals surface area contributed by atoms with Gasteiger partial charge in [-0.25, -0.2) is 0 Å². The van der Waals surface area contributed by atoms with Crippen molar-refractivity contribution in [2.45, 2.75) is 25.7 Å². The van der Waals surface area contributed by atoms with Gasteiger partial charge in [0.1, 0.15) is 11.5 Å². The second-order valence-corrected chi connectivity index (χ2v) is 5.89. The number of carbonyl (C=O) groups excluding carboxylic acids is 3. The first-order valence-electron chi connectivity index (χ1n) is 8.18. The molecule has 0 radical (unpaired) electrons. The fourth-order valence-corrected chi connectivity index (χ4v) is 2.83. The fourth-order valence-electron chi connectivity index (χ4n) is 2.83. The first kappa shape index (κ1) is 17.0. The Morgan fingerprint density at radius 1 is 1.00 bits per heavy atom. The number of esters is 1. The van der Waals surface area contributed by atoms with Crippen molar-refractivity contribution < 1.29 is 23.9 Å². The number of hydrogen-bond acceptors (Lipinski definition) is 5. The van der Waals surface area contributed by atoms with E-state index in [1.54, 1.807) is 19.2 Å².